The molecule has 0 aromatic carbocycles. The average molecular weight is 342 g/mol. The summed E-state index contributed by atoms with van der Waals surface area (Å²) in [7, 11) is 1.90. The van der Waals surface area contributed by atoms with Crippen LogP contribution in [0.5, 0.6) is 0 Å². The molecule has 0 radical (unpaired) electrons. The predicted molar refractivity (Wildman–Crippen MR) is 92.8 cm³/mol. The summed E-state index contributed by atoms with van der Waals surface area (Å²) in [6.07, 6.45) is 9.79. The molecule has 1 unspecified atom stereocenters. The maximum atomic E-state index is 12.8. The summed E-state index contributed by atoms with van der Waals surface area (Å²) in [5.41, 5.74) is 0.975. The molecule has 2 aliphatic rings. The number of carbonyl (C=O) groups excluding carboxylic acids is 1. The van der Waals surface area contributed by atoms with Crippen molar-refractivity contribution >= 4 is 5.91 Å². The SMILES string of the molecule is Cn1ccc(CCC(=O)N2CCCC2c2nnc3n2CCCCC3)n1. The second kappa shape index (κ2) is 6.98. The zero-order chi connectivity index (χ0) is 17.2. The fourth-order valence-electron chi connectivity index (χ4n) is 4.06. The van der Waals surface area contributed by atoms with Crippen molar-refractivity contribution < 1.29 is 4.79 Å². The van der Waals surface area contributed by atoms with Gasteiger partial charge in [0.1, 0.15) is 5.82 Å². The molecule has 7 heteroatoms. The third-order valence-electron chi connectivity index (χ3n) is 5.37. The summed E-state index contributed by atoms with van der Waals surface area (Å²) in [5.74, 6) is 2.31. The van der Waals surface area contributed by atoms with Crippen molar-refractivity contribution in [2.75, 3.05) is 6.54 Å². The second-order valence-electron chi connectivity index (χ2n) is 7.16. The number of hydrogen-bond donors (Lipinski definition) is 0. The van der Waals surface area contributed by atoms with E-state index in [1.807, 2.05) is 24.2 Å². The Morgan fingerprint density at radius 1 is 1.20 bits per heavy atom. The van der Waals surface area contributed by atoms with Crippen LogP contribution in [0, 0.1) is 0 Å². The molecular formula is C18H26N6O. The highest BCUT2D eigenvalue weighted by Crippen LogP contribution is 2.32. The van der Waals surface area contributed by atoms with E-state index in [9.17, 15) is 4.79 Å². The number of nitrogens with zero attached hydrogens (tertiary/aromatic N) is 6. The fraction of sp³-hybridized carbons (Fsp3) is 0.667. The zero-order valence-electron chi connectivity index (χ0n) is 14.9. The Bertz CT molecular complexity index is 749. The molecule has 1 atom stereocenters. The van der Waals surface area contributed by atoms with Crippen molar-refractivity contribution in [1.82, 2.24) is 29.4 Å². The van der Waals surface area contributed by atoms with Crippen LogP contribution < -0.4 is 0 Å². The van der Waals surface area contributed by atoms with E-state index in [1.165, 1.54) is 19.3 Å². The van der Waals surface area contributed by atoms with Gasteiger partial charge in [0.25, 0.3) is 0 Å². The normalized spacial score (nSPS) is 20.5. The third-order valence-corrected chi connectivity index (χ3v) is 5.37. The van der Waals surface area contributed by atoms with Crippen LogP contribution in [0.4, 0.5) is 0 Å². The van der Waals surface area contributed by atoms with Gasteiger partial charge in [-0.25, -0.2) is 0 Å². The van der Waals surface area contributed by atoms with Gasteiger partial charge in [0.05, 0.1) is 11.7 Å². The average Bonchev–Trinajstić information content (AvgIpc) is 3.29. The number of likely N-dealkylation sites (tertiary alicyclic amines) is 1. The highest BCUT2D eigenvalue weighted by Gasteiger charge is 2.34. The lowest BCUT2D eigenvalue weighted by Gasteiger charge is -2.24. The number of rotatable bonds is 4. The standard InChI is InChI=1S/C18H26N6O/c1-22-13-10-14(21-22)8-9-17(25)23-12-5-6-15(23)18-20-19-16-7-3-2-4-11-24(16)18/h10,13,15H,2-9,11-12H2,1H3. The summed E-state index contributed by atoms with van der Waals surface area (Å²) in [4.78, 5) is 14.8. The molecule has 25 heavy (non-hydrogen) atoms. The number of amides is 1. The van der Waals surface area contributed by atoms with Crippen LogP contribution in [0.3, 0.4) is 0 Å². The molecule has 4 heterocycles. The van der Waals surface area contributed by atoms with E-state index in [2.05, 4.69) is 19.9 Å². The lowest BCUT2D eigenvalue weighted by atomic mass is 10.1. The van der Waals surface area contributed by atoms with Crippen molar-refractivity contribution in [2.45, 2.75) is 64.0 Å². The monoisotopic (exact) mass is 342 g/mol. The summed E-state index contributed by atoms with van der Waals surface area (Å²) in [6, 6.07) is 2.07. The quantitative estimate of drug-likeness (QED) is 0.852. The second-order valence-corrected chi connectivity index (χ2v) is 7.16. The van der Waals surface area contributed by atoms with Crippen LogP contribution in [0.25, 0.3) is 0 Å². The Kier molecular flexibility index (Phi) is 4.55. The number of hydrogen-bond acceptors (Lipinski definition) is 4. The number of fused-ring (bicyclic) bond motifs is 1. The lowest BCUT2D eigenvalue weighted by molar-refractivity contribution is -0.132. The molecule has 0 spiro atoms. The van der Waals surface area contributed by atoms with Crippen LogP contribution in [-0.2, 0) is 31.2 Å². The molecular weight excluding hydrogens is 316 g/mol. The Balaban J connectivity index is 1.47. The molecule has 4 rings (SSSR count). The van der Waals surface area contributed by atoms with Gasteiger partial charge in [-0.15, -0.1) is 10.2 Å². The van der Waals surface area contributed by atoms with Crippen molar-refractivity contribution in [3.05, 3.63) is 29.6 Å². The van der Waals surface area contributed by atoms with Crippen molar-refractivity contribution in [3.63, 3.8) is 0 Å². The molecule has 0 N–H and O–H groups in total. The van der Waals surface area contributed by atoms with E-state index in [4.69, 9.17) is 0 Å². The van der Waals surface area contributed by atoms with Gasteiger partial charge in [-0.2, -0.15) is 5.10 Å². The van der Waals surface area contributed by atoms with Gasteiger partial charge < -0.3 is 9.47 Å². The molecule has 134 valence electrons. The third kappa shape index (κ3) is 3.32. The maximum Gasteiger partial charge on any atom is 0.223 e. The Labute approximate surface area is 148 Å². The van der Waals surface area contributed by atoms with Crippen LogP contribution in [0.2, 0.25) is 0 Å². The first kappa shape index (κ1) is 16.3. The van der Waals surface area contributed by atoms with E-state index in [-0.39, 0.29) is 11.9 Å². The molecule has 1 amide bonds. The molecule has 2 aliphatic heterocycles. The van der Waals surface area contributed by atoms with Crippen LogP contribution in [0.1, 0.15) is 61.9 Å². The van der Waals surface area contributed by atoms with Gasteiger partial charge >= 0.3 is 0 Å². The van der Waals surface area contributed by atoms with Crippen molar-refractivity contribution in [2.24, 2.45) is 7.05 Å². The number of aromatic nitrogens is 5. The van der Waals surface area contributed by atoms with Gasteiger partial charge in [0.15, 0.2) is 5.82 Å². The highest BCUT2D eigenvalue weighted by atomic mass is 16.2. The van der Waals surface area contributed by atoms with Gasteiger partial charge in [0.2, 0.25) is 5.91 Å². The first-order valence-electron chi connectivity index (χ1n) is 9.42. The summed E-state index contributed by atoms with van der Waals surface area (Å²) < 4.78 is 4.06. The highest BCUT2D eigenvalue weighted by molar-refractivity contribution is 5.77. The minimum absolute atomic E-state index is 0.0931. The molecule has 2 aromatic rings. The predicted octanol–water partition coefficient (Wildman–Crippen LogP) is 2.03. The van der Waals surface area contributed by atoms with Crippen molar-refractivity contribution in [1.29, 1.82) is 0 Å². The fourth-order valence-corrected chi connectivity index (χ4v) is 4.06. The molecule has 1 fully saturated rings. The largest absolute Gasteiger partial charge is 0.332 e. The topological polar surface area (TPSA) is 68.8 Å². The minimum atomic E-state index is 0.0931. The van der Waals surface area contributed by atoms with Crippen molar-refractivity contribution in [3.8, 4) is 0 Å². The van der Waals surface area contributed by atoms with E-state index in [1.54, 1.807) is 4.68 Å². The molecule has 1 saturated heterocycles. The first-order valence-corrected chi connectivity index (χ1v) is 9.42. The molecule has 2 aromatic heterocycles. The minimum Gasteiger partial charge on any atom is -0.332 e. The number of aryl methyl sites for hydroxylation is 3. The van der Waals surface area contributed by atoms with Crippen LogP contribution in [0.15, 0.2) is 12.3 Å². The van der Waals surface area contributed by atoms with E-state index < -0.39 is 0 Å². The lowest BCUT2D eigenvalue weighted by Crippen LogP contribution is -2.32. The number of carbonyl (C=O) groups is 1. The Morgan fingerprint density at radius 2 is 2.12 bits per heavy atom. The van der Waals surface area contributed by atoms with Crippen LogP contribution in [-0.4, -0.2) is 41.9 Å². The zero-order valence-corrected chi connectivity index (χ0v) is 14.9. The van der Waals surface area contributed by atoms with Gasteiger partial charge in [-0.3, -0.25) is 9.48 Å². The van der Waals surface area contributed by atoms with E-state index in [0.717, 1.165) is 49.7 Å². The molecule has 0 bridgehead atoms. The van der Waals surface area contributed by atoms with Gasteiger partial charge in [-0.05, 0) is 31.7 Å². The smallest absolute Gasteiger partial charge is 0.223 e. The van der Waals surface area contributed by atoms with E-state index >= 15 is 0 Å². The van der Waals surface area contributed by atoms with Gasteiger partial charge in [0, 0.05) is 45.6 Å². The maximum absolute atomic E-state index is 12.8. The molecule has 0 saturated carbocycles. The Hall–Kier alpha value is -2.18. The molecule has 7 nitrogen and oxygen atoms in total. The van der Waals surface area contributed by atoms with E-state index in [0.29, 0.717) is 12.8 Å². The molecule has 0 aliphatic carbocycles. The summed E-state index contributed by atoms with van der Waals surface area (Å²) in [5, 5.41) is 13.3. The first-order chi connectivity index (χ1) is 12.2. The summed E-state index contributed by atoms with van der Waals surface area (Å²) in [6.45, 7) is 1.82. The van der Waals surface area contributed by atoms with Gasteiger partial charge in [-0.1, -0.05) is 6.42 Å². The Morgan fingerprint density at radius 3 is 2.96 bits per heavy atom. The van der Waals surface area contributed by atoms with Crippen LogP contribution >= 0.6 is 0 Å². The summed E-state index contributed by atoms with van der Waals surface area (Å²) >= 11 is 0.